The van der Waals surface area contributed by atoms with Crippen molar-refractivity contribution in [3.63, 3.8) is 0 Å². The average molecular weight is 468 g/mol. The molecule has 10 nitrogen and oxygen atoms in total. The summed E-state index contributed by atoms with van der Waals surface area (Å²) >= 11 is 0. The first-order chi connectivity index (χ1) is 16.4. The van der Waals surface area contributed by atoms with E-state index in [1.165, 1.54) is 11.2 Å². The van der Waals surface area contributed by atoms with Gasteiger partial charge < -0.3 is 24.9 Å². The molecule has 0 bridgehead atoms. The Bertz CT molecular complexity index is 1030. The molecular formula is C24H29N5O5. The maximum absolute atomic E-state index is 13.1. The van der Waals surface area contributed by atoms with Crippen molar-refractivity contribution in [2.24, 2.45) is 0 Å². The van der Waals surface area contributed by atoms with Crippen molar-refractivity contribution >= 4 is 29.3 Å². The molecule has 180 valence electrons. The highest BCUT2D eigenvalue weighted by atomic mass is 16.3. The largest absolute Gasteiger partial charge is 0.459 e. The van der Waals surface area contributed by atoms with Crippen LogP contribution in [0.15, 0.2) is 47.1 Å². The summed E-state index contributed by atoms with van der Waals surface area (Å²) in [6, 6.07) is 9.83. The third-order valence-electron chi connectivity index (χ3n) is 6.12. The van der Waals surface area contributed by atoms with Gasteiger partial charge in [-0.1, -0.05) is 17.7 Å². The minimum atomic E-state index is -0.853. The Hall–Kier alpha value is -3.66. The topological polar surface area (TPSA) is 115 Å². The summed E-state index contributed by atoms with van der Waals surface area (Å²) < 4.78 is 5.18. The number of aryl methyl sites for hydroxylation is 1. The number of furan rings is 1. The number of carbonyl (C=O) groups excluding carboxylic acids is 4. The molecule has 4 amide bonds. The van der Waals surface area contributed by atoms with Crippen LogP contribution in [0.4, 0.5) is 5.69 Å². The van der Waals surface area contributed by atoms with Crippen molar-refractivity contribution in [1.29, 1.82) is 0 Å². The predicted molar refractivity (Wildman–Crippen MR) is 124 cm³/mol. The van der Waals surface area contributed by atoms with E-state index in [9.17, 15) is 19.2 Å². The summed E-state index contributed by atoms with van der Waals surface area (Å²) in [7, 11) is 0. The highest BCUT2D eigenvalue weighted by molar-refractivity contribution is 5.97. The highest BCUT2D eigenvalue weighted by Gasteiger charge is 2.35. The van der Waals surface area contributed by atoms with Gasteiger partial charge in [-0.2, -0.15) is 0 Å². The summed E-state index contributed by atoms with van der Waals surface area (Å²) in [6.07, 6.45) is 1.35. The first-order valence-corrected chi connectivity index (χ1v) is 11.4. The van der Waals surface area contributed by atoms with Crippen LogP contribution in [0.3, 0.4) is 0 Å². The predicted octanol–water partition coefficient (Wildman–Crippen LogP) is 0.702. The number of benzene rings is 1. The zero-order valence-corrected chi connectivity index (χ0v) is 19.2. The summed E-state index contributed by atoms with van der Waals surface area (Å²) in [5, 5.41) is 5.54. The molecule has 3 heterocycles. The van der Waals surface area contributed by atoms with Gasteiger partial charge in [0.05, 0.1) is 19.2 Å². The first-order valence-electron chi connectivity index (χ1n) is 11.4. The monoisotopic (exact) mass is 467 g/mol. The zero-order chi connectivity index (χ0) is 24.1. The molecule has 2 fully saturated rings. The Morgan fingerprint density at radius 1 is 1.06 bits per heavy atom. The molecule has 0 spiro atoms. The van der Waals surface area contributed by atoms with E-state index in [1.54, 1.807) is 29.2 Å². The summed E-state index contributed by atoms with van der Waals surface area (Å²) in [4.78, 5) is 55.8. The van der Waals surface area contributed by atoms with Crippen LogP contribution >= 0.6 is 0 Å². The zero-order valence-electron chi connectivity index (χ0n) is 19.2. The minimum absolute atomic E-state index is 0.114. The number of hydrogen-bond donors (Lipinski definition) is 2. The molecule has 2 aliphatic heterocycles. The average Bonchev–Trinajstić information content (AvgIpc) is 3.37. The van der Waals surface area contributed by atoms with E-state index in [0.717, 1.165) is 5.56 Å². The van der Waals surface area contributed by atoms with Gasteiger partial charge >= 0.3 is 0 Å². The van der Waals surface area contributed by atoms with Crippen molar-refractivity contribution in [3.8, 4) is 0 Å². The maximum Gasteiger partial charge on any atom is 0.289 e. The van der Waals surface area contributed by atoms with Gasteiger partial charge in [0.15, 0.2) is 5.76 Å². The fraction of sp³-hybridized carbons (Fsp3) is 0.417. The van der Waals surface area contributed by atoms with Gasteiger partial charge in [-0.05, 0) is 31.2 Å². The molecule has 2 aliphatic rings. The van der Waals surface area contributed by atoms with E-state index in [2.05, 4.69) is 10.6 Å². The fourth-order valence-electron chi connectivity index (χ4n) is 4.19. The molecule has 0 saturated carbocycles. The molecule has 2 aromatic rings. The van der Waals surface area contributed by atoms with Gasteiger partial charge in [-0.3, -0.25) is 24.1 Å². The lowest BCUT2D eigenvalue weighted by Crippen LogP contribution is -2.60. The Labute approximate surface area is 197 Å². The lowest BCUT2D eigenvalue weighted by Gasteiger charge is -2.38. The van der Waals surface area contributed by atoms with Crippen molar-refractivity contribution in [2.45, 2.75) is 19.4 Å². The number of amides is 4. The quantitative estimate of drug-likeness (QED) is 0.646. The third kappa shape index (κ3) is 5.63. The Morgan fingerprint density at radius 3 is 2.47 bits per heavy atom. The number of nitrogens with one attached hydrogen (secondary N) is 2. The van der Waals surface area contributed by atoms with Crippen molar-refractivity contribution in [3.05, 3.63) is 54.0 Å². The van der Waals surface area contributed by atoms with Gasteiger partial charge in [-0.15, -0.1) is 0 Å². The molecule has 0 aliphatic carbocycles. The summed E-state index contributed by atoms with van der Waals surface area (Å²) in [5.74, 6) is -0.714. The van der Waals surface area contributed by atoms with Crippen LogP contribution in [0.5, 0.6) is 0 Å². The van der Waals surface area contributed by atoms with E-state index in [-0.39, 0.29) is 36.6 Å². The molecule has 10 heteroatoms. The van der Waals surface area contributed by atoms with E-state index in [1.807, 2.05) is 24.0 Å². The van der Waals surface area contributed by atoms with Gasteiger partial charge in [0, 0.05) is 45.0 Å². The van der Waals surface area contributed by atoms with Crippen LogP contribution in [0.25, 0.3) is 0 Å². The SMILES string of the molecule is Cc1ccc(NC(=O)CC2C(=O)NCCN2C(=O)CN2CCN(C(=O)c3ccco3)CC2)cc1. The molecule has 2 N–H and O–H groups in total. The normalized spacial score (nSPS) is 19.0. The molecular weight excluding hydrogens is 438 g/mol. The highest BCUT2D eigenvalue weighted by Crippen LogP contribution is 2.15. The summed E-state index contributed by atoms with van der Waals surface area (Å²) in [5.41, 5.74) is 1.72. The molecule has 34 heavy (non-hydrogen) atoms. The van der Waals surface area contributed by atoms with Crippen molar-refractivity contribution in [1.82, 2.24) is 20.0 Å². The van der Waals surface area contributed by atoms with Gasteiger partial charge in [0.1, 0.15) is 6.04 Å². The number of piperazine rings is 2. The van der Waals surface area contributed by atoms with E-state index in [0.29, 0.717) is 50.7 Å². The molecule has 1 aromatic heterocycles. The second kappa shape index (κ2) is 10.5. The van der Waals surface area contributed by atoms with Crippen LogP contribution in [0.1, 0.15) is 22.5 Å². The molecule has 1 aromatic carbocycles. The van der Waals surface area contributed by atoms with Gasteiger partial charge in [-0.25, -0.2) is 0 Å². The van der Waals surface area contributed by atoms with Crippen molar-refractivity contribution < 1.29 is 23.6 Å². The van der Waals surface area contributed by atoms with Crippen LogP contribution in [-0.2, 0) is 14.4 Å². The van der Waals surface area contributed by atoms with Gasteiger partial charge in [0.2, 0.25) is 17.7 Å². The Morgan fingerprint density at radius 2 is 1.79 bits per heavy atom. The van der Waals surface area contributed by atoms with Crippen LogP contribution < -0.4 is 10.6 Å². The summed E-state index contributed by atoms with van der Waals surface area (Å²) in [6.45, 7) is 4.83. The molecule has 4 rings (SSSR count). The molecule has 1 unspecified atom stereocenters. The smallest absolute Gasteiger partial charge is 0.289 e. The fourth-order valence-corrected chi connectivity index (χ4v) is 4.19. The molecule has 2 saturated heterocycles. The standard InChI is InChI=1S/C24H29N5O5/c1-17-4-6-18(7-5-17)26-21(30)15-19-23(32)25-8-9-29(19)22(31)16-27-10-12-28(13-11-27)24(33)20-3-2-14-34-20/h2-7,14,19H,8-13,15-16H2,1H3,(H,25,32)(H,26,30). The second-order valence-electron chi connectivity index (χ2n) is 8.56. The Balaban J connectivity index is 1.31. The van der Waals surface area contributed by atoms with Crippen LogP contribution in [-0.4, -0.2) is 90.2 Å². The first kappa shape index (κ1) is 23.5. The number of carbonyl (C=O) groups is 4. The van der Waals surface area contributed by atoms with E-state index < -0.39 is 6.04 Å². The van der Waals surface area contributed by atoms with Crippen LogP contribution in [0, 0.1) is 6.92 Å². The molecule has 0 radical (unpaired) electrons. The van der Waals surface area contributed by atoms with E-state index in [4.69, 9.17) is 4.42 Å². The van der Waals surface area contributed by atoms with E-state index >= 15 is 0 Å². The number of rotatable bonds is 6. The maximum atomic E-state index is 13.1. The number of anilines is 1. The van der Waals surface area contributed by atoms with Crippen molar-refractivity contribution in [2.75, 3.05) is 51.1 Å². The second-order valence-corrected chi connectivity index (χ2v) is 8.56. The van der Waals surface area contributed by atoms with Crippen LogP contribution in [0.2, 0.25) is 0 Å². The lowest BCUT2D eigenvalue weighted by atomic mass is 10.1. The van der Waals surface area contributed by atoms with Gasteiger partial charge in [0.25, 0.3) is 5.91 Å². The number of nitrogens with zero attached hydrogens (tertiary/aromatic N) is 3. The lowest BCUT2D eigenvalue weighted by molar-refractivity contribution is -0.145. The minimum Gasteiger partial charge on any atom is -0.459 e. The Kier molecular flexibility index (Phi) is 7.27. The molecule has 1 atom stereocenters. The number of hydrogen-bond acceptors (Lipinski definition) is 6. The third-order valence-corrected chi connectivity index (χ3v) is 6.12.